The third-order valence-corrected chi connectivity index (χ3v) is 10.5. The molecule has 0 saturated carbocycles. The van der Waals surface area contributed by atoms with Gasteiger partial charge in [0.2, 0.25) is 11.8 Å². The molecule has 2 amide bonds. The number of rotatable bonds is 16. The van der Waals surface area contributed by atoms with Gasteiger partial charge in [-0.15, -0.1) is 6.58 Å². The third kappa shape index (κ3) is 9.95. The summed E-state index contributed by atoms with van der Waals surface area (Å²) in [6, 6.07) is 17.6. The lowest BCUT2D eigenvalue weighted by atomic mass is 9.90. The van der Waals surface area contributed by atoms with E-state index in [-0.39, 0.29) is 17.9 Å². The Hall–Kier alpha value is -4.34. The SMILES string of the molecule is C=CC[C@H](C(=O)N1CCCC[C@H]1C(=O)NC(CCc1ccc(C)c(C)c1)c1cccc(OCCN2CCOCC2)c1)c1cc(C)c(OC)c(OC)c1. The van der Waals surface area contributed by atoms with Gasteiger partial charge in [-0.2, -0.15) is 0 Å². The first-order valence-electron chi connectivity index (χ1n) is 18.8. The number of likely N-dealkylation sites (tertiary alicyclic amines) is 1. The van der Waals surface area contributed by atoms with Crippen LogP contribution in [0, 0.1) is 20.8 Å². The Morgan fingerprint density at radius 3 is 2.48 bits per heavy atom. The number of aryl methyl sites for hydroxylation is 4. The molecule has 5 rings (SSSR count). The van der Waals surface area contributed by atoms with Crippen LogP contribution in [0.15, 0.2) is 67.3 Å². The lowest BCUT2D eigenvalue weighted by molar-refractivity contribution is -0.143. The molecule has 0 bridgehead atoms. The van der Waals surface area contributed by atoms with Crippen LogP contribution in [-0.2, 0) is 20.7 Å². The van der Waals surface area contributed by atoms with Crippen molar-refractivity contribution in [3.05, 3.63) is 101 Å². The molecule has 2 heterocycles. The van der Waals surface area contributed by atoms with Crippen LogP contribution in [0.2, 0.25) is 0 Å². The molecule has 52 heavy (non-hydrogen) atoms. The first-order chi connectivity index (χ1) is 25.2. The molecule has 2 aliphatic rings. The van der Waals surface area contributed by atoms with Gasteiger partial charge in [0.1, 0.15) is 18.4 Å². The van der Waals surface area contributed by atoms with E-state index in [0.717, 1.165) is 74.6 Å². The Bertz CT molecular complexity index is 1670. The summed E-state index contributed by atoms with van der Waals surface area (Å²) in [5, 5.41) is 3.41. The van der Waals surface area contributed by atoms with Crippen molar-refractivity contribution in [2.75, 3.05) is 60.2 Å². The highest BCUT2D eigenvalue weighted by Crippen LogP contribution is 2.37. The standard InChI is InChI=1S/C43H57N3O6/c1-7-11-37(35-27-32(4)41(50-6)40(29-35)49-5)43(48)46-19-9-8-14-39(46)42(47)44-38(18-17-33-16-15-30(2)31(3)26-33)34-12-10-13-36(28-34)52-25-22-45-20-23-51-24-21-45/h7,10,12-13,15-16,26-29,37-39H,1,8-9,11,14,17-25H2,2-6H3,(H,44,47)/t37-,38?,39-/m0/s1. The fourth-order valence-electron chi connectivity index (χ4n) is 7.40. The Balaban J connectivity index is 1.36. The summed E-state index contributed by atoms with van der Waals surface area (Å²) in [5.74, 6) is 1.29. The number of morpholine rings is 1. The van der Waals surface area contributed by atoms with Crippen molar-refractivity contribution < 1.29 is 28.5 Å². The quantitative estimate of drug-likeness (QED) is 0.162. The lowest BCUT2D eigenvalue weighted by Crippen LogP contribution is -2.53. The Morgan fingerprint density at radius 1 is 0.942 bits per heavy atom. The number of amides is 2. The first kappa shape index (κ1) is 38.9. The second-order valence-corrected chi connectivity index (χ2v) is 14.1. The van der Waals surface area contributed by atoms with E-state index in [4.69, 9.17) is 18.9 Å². The van der Waals surface area contributed by atoms with Gasteiger partial charge in [-0.05, 0) is 111 Å². The number of hydrogen-bond donors (Lipinski definition) is 1. The molecule has 2 fully saturated rings. The number of carbonyl (C=O) groups is 2. The molecule has 280 valence electrons. The Labute approximate surface area is 310 Å². The lowest BCUT2D eigenvalue weighted by Gasteiger charge is -2.38. The van der Waals surface area contributed by atoms with E-state index < -0.39 is 12.0 Å². The maximum atomic E-state index is 14.5. The number of hydrogen-bond acceptors (Lipinski definition) is 7. The smallest absolute Gasteiger partial charge is 0.243 e. The summed E-state index contributed by atoms with van der Waals surface area (Å²) in [6.45, 7) is 15.4. The summed E-state index contributed by atoms with van der Waals surface area (Å²) >= 11 is 0. The second kappa shape index (κ2) is 18.9. The molecule has 3 aromatic rings. The Kier molecular flexibility index (Phi) is 14.2. The molecule has 0 radical (unpaired) electrons. The van der Waals surface area contributed by atoms with Crippen LogP contribution >= 0.6 is 0 Å². The zero-order valence-corrected chi connectivity index (χ0v) is 31.7. The number of allylic oxidation sites excluding steroid dienone is 1. The number of methoxy groups -OCH3 is 2. The van der Waals surface area contributed by atoms with E-state index in [1.165, 1.54) is 16.7 Å². The van der Waals surface area contributed by atoms with Gasteiger partial charge < -0.3 is 29.2 Å². The Morgan fingerprint density at radius 2 is 1.75 bits per heavy atom. The average Bonchev–Trinajstić information content (AvgIpc) is 3.16. The molecule has 1 N–H and O–H groups in total. The van der Waals surface area contributed by atoms with Gasteiger partial charge in [-0.1, -0.05) is 42.5 Å². The molecule has 3 atom stereocenters. The van der Waals surface area contributed by atoms with Crippen LogP contribution in [0.1, 0.15) is 77.4 Å². The molecule has 3 aromatic carbocycles. The van der Waals surface area contributed by atoms with E-state index >= 15 is 0 Å². The topological polar surface area (TPSA) is 89.6 Å². The zero-order valence-electron chi connectivity index (χ0n) is 31.7. The number of nitrogens with zero attached hydrogens (tertiary/aromatic N) is 2. The van der Waals surface area contributed by atoms with E-state index in [2.05, 4.69) is 54.9 Å². The summed E-state index contributed by atoms with van der Waals surface area (Å²) < 4.78 is 22.9. The number of carbonyl (C=O) groups excluding carboxylic acids is 2. The minimum Gasteiger partial charge on any atom is -0.493 e. The van der Waals surface area contributed by atoms with E-state index in [9.17, 15) is 9.59 Å². The van der Waals surface area contributed by atoms with Gasteiger partial charge in [-0.3, -0.25) is 14.5 Å². The van der Waals surface area contributed by atoms with Gasteiger partial charge in [-0.25, -0.2) is 0 Å². The summed E-state index contributed by atoms with van der Waals surface area (Å²) in [7, 11) is 3.21. The highest BCUT2D eigenvalue weighted by atomic mass is 16.5. The summed E-state index contributed by atoms with van der Waals surface area (Å²) in [5.41, 5.74) is 6.43. The van der Waals surface area contributed by atoms with Crippen molar-refractivity contribution >= 4 is 11.8 Å². The number of ether oxygens (including phenoxy) is 4. The fraction of sp³-hybridized carbons (Fsp3) is 0.488. The van der Waals surface area contributed by atoms with Crippen molar-refractivity contribution in [3.8, 4) is 17.2 Å². The predicted molar refractivity (Wildman–Crippen MR) is 206 cm³/mol. The monoisotopic (exact) mass is 711 g/mol. The maximum Gasteiger partial charge on any atom is 0.243 e. The molecule has 9 heteroatoms. The van der Waals surface area contributed by atoms with Gasteiger partial charge in [0.05, 0.1) is 39.4 Å². The number of nitrogens with one attached hydrogen (secondary N) is 1. The molecule has 0 aromatic heterocycles. The molecule has 2 saturated heterocycles. The van der Waals surface area contributed by atoms with Crippen molar-refractivity contribution in [1.29, 1.82) is 0 Å². The maximum absolute atomic E-state index is 14.5. The minimum atomic E-state index is -0.577. The second-order valence-electron chi connectivity index (χ2n) is 14.1. The van der Waals surface area contributed by atoms with Crippen LogP contribution in [0.4, 0.5) is 0 Å². The van der Waals surface area contributed by atoms with Gasteiger partial charge in [0, 0.05) is 26.2 Å². The molecule has 2 aliphatic heterocycles. The molecule has 0 spiro atoms. The molecular weight excluding hydrogens is 654 g/mol. The summed E-state index contributed by atoms with van der Waals surface area (Å²) in [6.07, 6.45) is 6.04. The number of benzene rings is 3. The molecule has 9 nitrogen and oxygen atoms in total. The third-order valence-electron chi connectivity index (χ3n) is 10.5. The van der Waals surface area contributed by atoms with Gasteiger partial charge in [0.25, 0.3) is 0 Å². The van der Waals surface area contributed by atoms with E-state index in [1.54, 1.807) is 25.2 Å². The number of piperidine rings is 1. The van der Waals surface area contributed by atoms with Crippen molar-refractivity contribution in [1.82, 2.24) is 15.1 Å². The van der Waals surface area contributed by atoms with Crippen LogP contribution in [0.3, 0.4) is 0 Å². The van der Waals surface area contributed by atoms with Gasteiger partial charge >= 0.3 is 0 Å². The highest BCUT2D eigenvalue weighted by molar-refractivity contribution is 5.91. The summed E-state index contributed by atoms with van der Waals surface area (Å²) in [4.78, 5) is 33.0. The van der Waals surface area contributed by atoms with Crippen molar-refractivity contribution in [2.45, 2.75) is 77.3 Å². The molecule has 0 aliphatic carbocycles. The van der Waals surface area contributed by atoms with Crippen LogP contribution < -0.4 is 19.5 Å². The molecular formula is C43H57N3O6. The van der Waals surface area contributed by atoms with Crippen LogP contribution in [0.5, 0.6) is 17.2 Å². The highest BCUT2D eigenvalue weighted by Gasteiger charge is 2.37. The van der Waals surface area contributed by atoms with Crippen LogP contribution in [-0.4, -0.2) is 87.9 Å². The minimum absolute atomic E-state index is 0.0753. The molecule has 1 unspecified atom stereocenters. The van der Waals surface area contributed by atoms with Gasteiger partial charge in [0.15, 0.2) is 11.5 Å². The predicted octanol–water partition coefficient (Wildman–Crippen LogP) is 6.87. The first-order valence-corrected chi connectivity index (χ1v) is 18.8. The van der Waals surface area contributed by atoms with E-state index in [0.29, 0.717) is 43.9 Å². The normalized spacial score (nSPS) is 17.6. The zero-order chi connectivity index (χ0) is 37.0. The van der Waals surface area contributed by atoms with E-state index in [1.807, 2.05) is 37.3 Å². The largest absolute Gasteiger partial charge is 0.493 e. The average molecular weight is 712 g/mol. The fourth-order valence-corrected chi connectivity index (χ4v) is 7.40. The van der Waals surface area contributed by atoms with Crippen LogP contribution in [0.25, 0.3) is 0 Å². The van der Waals surface area contributed by atoms with Crippen molar-refractivity contribution in [2.24, 2.45) is 0 Å². The van der Waals surface area contributed by atoms with Crippen molar-refractivity contribution in [3.63, 3.8) is 0 Å².